The van der Waals surface area contributed by atoms with E-state index in [1.807, 2.05) is 0 Å². The van der Waals surface area contributed by atoms with Gasteiger partial charge in [-0.15, -0.1) is 0 Å². The van der Waals surface area contributed by atoms with Crippen molar-refractivity contribution in [2.75, 3.05) is 13.1 Å². The Labute approximate surface area is 159 Å². The summed E-state index contributed by atoms with van der Waals surface area (Å²) in [6.45, 7) is 5.32. The molecular formula is C16H20F2N4O4S. The second-order valence-electron chi connectivity index (χ2n) is 5.89. The number of alkyl halides is 2. The maximum Gasteiger partial charge on any atom is 0.324 e. The Morgan fingerprint density at radius 3 is 2.44 bits per heavy atom. The van der Waals surface area contributed by atoms with E-state index >= 15 is 0 Å². The molecule has 1 saturated heterocycles. The molecule has 1 aliphatic rings. The van der Waals surface area contributed by atoms with Gasteiger partial charge in [0.2, 0.25) is 0 Å². The Morgan fingerprint density at radius 1 is 1.30 bits per heavy atom. The van der Waals surface area contributed by atoms with Crippen molar-refractivity contribution in [3.63, 3.8) is 0 Å². The largest absolute Gasteiger partial charge is 0.453 e. The second kappa shape index (κ2) is 9.07. The van der Waals surface area contributed by atoms with Gasteiger partial charge in [-0.25, -0.2) is 14.8 Å². The lowest BCUT2D eigenvalue weighted by Crippen LogP contribution is -2.41. The number of aryl methyl sites for hydroxylation is 2. The first-order chi connectivity index (χ1) is 12.7. The van der Waals surface area contributed by atoms with E-state index in [-0.39, 0.29) is 36.3 Å². The molecule has 2 heterocycles. The molecule has 0 saturated carbocycles. The normalized spacial score (nSPS) is 15.0. The number of carbonyl (C=O) groups excluding carboxylic acids is 3. The molecule has 2 rings (SSSR count). The SMILES string of the molecule is Cc1nc(SC(F)F)nc(C)c1CCC(=O)O[C@@H](C)C(=O)N1CCNC1=O. The Bertz CT molecular complexity index is 724. The zero-order valence-electron chi connectivity index (χ0n) is 15.1. The first kappa shape index (κ1) is 21.0. The number of urea groups is 1. The fourth-order valence-electron chi connectivity index (χ4n) is 2.64. The van der Waals surface area contributed by atoms with Gasteiger partial charge >= 0.3 is 12.0 Å². The van der Waals surface area contributed by atoms with Gasteiger partial charge in [0.15, 0.2) is 11.3 Å². The molecular weight excluding hydrogens is 382 g/mol. The monoisotopic (exact) mass is 402 g/mol. The number of ether oxygens (including phenoxy) is 1. The van der Waals surface area contributed by atoms with Crippen LogP contribution in [0.15, 0.2) is 5.16 Å². The van der Waals surface area contributed by atoms with Gasteiger partial charge in [0.05, 0.1) is 0 Å². The number of nitrogens with zero attached hydrogens (tertiary/aromatic N) is 3. The van der Waals surface area contributed by atoms with Gasteiger partial charge in [-0.05, 0) is 44.5 Å². The van der Waals surface area contributed by atoms with Gasteiger partial charge in [0.1, 0.15) is 0 Å². The van der Waals surface area contributed by atoms with Crippen LogP contribution in [0.25, 0.3) is 0 Å². The summed E-state index contributed by atoms with van der Waals surface area (Å²) in [4.78, 5) is 44.6. The number of hydrogen-bond acceptors (Lipinski definition) is 7. The van der Waals surface area contributed by atoms with Crippen LogP contribution in [-0.2, 0) is 20.7 Å². The van der Waals surface area contributed by atoms with Gasteiger partial charge in [-0.1, -0.05) is 0 Å². The number of halogens is 2. The van der Waals surface area contributed by atoms with E-state index in [2.05, 4.69) is 15.3 Å². The zero-order valence-corrected chi connectivity index (χ0v) is 15.9. The van der Waals surface area contributed by atoms with Gasteiger partial charge in [-0.2, -0.15) is 8.78 Å². The zero-order chi connectivity index (χ0) is 20.1. The molecule has 1 atom stereocenters. The maximum absolute atomic E-state index is 12.4. The Kier molecular flexibility index (Phi) is 7.05. The second-order valence-corrected chi connectivity index (χ2v) is 6.85. The molecule has 1 aliphatic heterocycles. The first-order valence-corrected chi connectivity index (χ1v) is 9.14. The molecule has 1 aromatic rings. The molecule has 8 nitrogen and oxygen atoms in total. The molecule has 1 aromatic heterocycles. The highest BCUT2D eigenvalue weighted by molar-refractivity contribution is 7.99. The summed E-state index contributed by atoms with van der Waals surface area (Å²) in [6.07, 6.45) is -0.859. The number of aromatic nitrogens is 2. The third kappa shape index (κ3) is 5.59. The van der Waals surface area contributed by atoms with Crippen LogP contribution in [0.1, 0.15) is 30.3 Å². The van der Waals surface area contributed by atoms with Gasteiger partial charge in [-0.3, -0.25) is 14.5 Å². The highest BCUT2D eigenvalue weighted by Crippen LogP contribution is 2.24. The fourth-order valence-corrected chi connectivity index (χ4v) is 3.18. The quantitative estimate of drug-likeness (QED) is 0.422. The predicted octanol–water partition coefficient (Wildman–Crippen LogP) is 1.82. The van der Waals surface area contributed by atoms with Crippen LogP contribution in [0.2, 0.25) is 0 Å². The van der Waals surface area contributed by atoms with Crippen molar-refractivity contribution in [2.24, 2.45) is 0 Å². The molecule has 3 amide bonds. The van der Waals surface area contributed by atoms with Crippen LogP contribution in [0.4, 0.5) is 13.6 Å². The summed E-state index contributed by atoms with van der Waals surface area (Å²) in [7, 11) is 0. The Hall–Kier alpha value is -2.30. The maximum atomic E-state index is 12.4. The summed E-state index contributed by atoms with van der Waals surface area (Å²) in [5.74, 6) is -3.80. The molecule has 0 radical (unpaired) electrons. The average molecular weight is 402 g/mol. The van der Waals surface area contributed by atoms with Crippen LogP contribution in [0, 0.1) is 13.8 Å². The number of thioether (sulfide) groups is 1. The molecule has 1 fully saturated rings. The van der Waals surface area contributed by atoms with E-state index in [9.17, 15) is 23.2 Å². The van der Waals surface area contributed by atoms with Crippen LogP contribution in [0.3, 0.4) is 0 Å². The standard InChI is InChI=1S/C16H20F2N4O4S/c1-8-11(9(2)21-15(20-8)27-14(17)18)4-5-12(23)26-10(3)13(24)22-7-6-19-16(22)25/h10,14H,4-7H2,1-3H3,(H,19,25)/t10-/m0/s1. The number of imide groups is 1. The molecule has 0 spiro atoms. The van der Waals surface area contributed by atoms with E-state index in [1.54, 1.807) is 13.8 Å². The number of esters is 1. The fraction of sp³-hybridized carbons (Fsp3) is 0.562. The number of carbonyl (C=O) groups is 3. The van der Waals surface area contributed by atoms with Crippen molar-refractivity contribution in [3.8, 4) is 0 Å². The van der Waals surface area contributed by atoms with Gasteiger partial charge < -0.3 is 10.1 Å². The molecule has 27 heavy (non-hydrogen) atoms. The van der Waals surface area contributed by atoms with Crippen LogP contribution < -0.4 is 5.32 Å². The molecule has 0 aliphatic carbocycles. The highest BCUT2D eigenvalue weighted by atomic mass is 32.2. The van der Waals surface area contributed by atoms with E-state index in [4.69, 9.17) is 4.74 Å². The Morgan fingerprint density at radius 2 is 1.93 bits per heavy atom. The summed E-state index contributed by atoms with van der Waals surface area (Å²) >= 11 is 0.262. The molecule has 0 unspecified atom stereocenters. The van der Waals surface area contributed by atoms with E-state index in [1.165, 1.54) is 6.92 Å². The third-order valence-corrected chi connectivity index (χ3v) is 4.52. The van der Waals surface area contributed by atoms with Gasteiger partial charge in [0, 0.05) is 30.9 Å². The predicted molar refractivity (Wildman–Crippen MR) is 92.4 cm³/mol. The van der Waals surface area contributed by atoms with E-state index < -0.39 is 29.8 Å². The van der Waals surface area contributed by atoms with Crippen molar-refractivity contribution in [1.29, 1.82) is 0 Å². The summed E-state index contributed by atoms with van der Waals surface area (Å²) < 4.78 is 30.0. The molecule has 11 heteroatoms. The summed E-state index contributed by atoms with van der Waals surface area (Å²) in [6, 6.07) is -0.506. The average Bonchev–Trinajstić information content (AvgIpc) is 2.98. The van der Waals surface area contributed by atoms with Crippen molar-refractivity contribution in [3.05, 3.63) is 17.0 Å². The van der Waals surface area contributed by atoms with Crippen LogP contribution in [0.5, 0.6) is 0 Å². The lowest BCUT2D eigenvalue weighted by Gasteiger charge is -2.18. The number of hydrogen-bond donors (Lipinski definition) is 1. The van der Waals surface area contributed by atoms with Crippen molar-refractivity contribution < 1.29 is 27.9 Å². The van der Waals surface area contributed by atoms with Crippen molar-refractivity contribution >= 4 is 29.7 Å². The highest BCUT2D eigenvalue weighted by Gasteiger charge is 2.31. The minimum Gasteiger partial charge on any atom is -0.453 e. The topological polar surface area (TPSA) is 101 Å². The third-order valence-electron chi connectivity index (χ3n) is 3.95. The number of nitrogens with one attached hydrogen (secondary N) is 1. The first-order valence-electron chi connectivity index (χ1n) is 8.26. The minimum atomic E-state index is -2.61. The van der Waals surface area contributed by atoms with Crippen LogP contribution in [-0.4, -0.2) is 57.7 Å². The van der Waals surface area contributed by atoms with E-state index in [0.29, 0.717) is 23.5 Å². The number of rotatable bonds is 7. The lowest BCUT2D eigenvalue weighted by atomic mass is 10.1. The molecule has 0 aromatic carbocycles. The number of amides is 3. The van der Waals surface area contributed by atoms with Crippen LogP contribution >= 0.6 is 11.8 Å². The van der Waals surface area contributed by atoms with E-state index in [0.717, 1.165) is 4.90 Å². The Balaban J connectivity index is 1.91. The molecule has 148 valence electrons. The summed E-state index contributed by atoms with van der Waals surface area (Å²) in [5, 5.41) is 2.48. The van der Waals surface area contributed by atoms with Crippen molar-refractivity contribution in [1.82, 2.24) is 20.2 Å². The van der Waals surface area contributed by atoms with Crippen molar-refractivity contribution in [2.45, 2.75) is 50.6 Å². The summed E-state index contributed by atoms with van der Waals surface area (Å²) in [5.41, 5.74) is 1.69. The molecule has 1 N–H and O–H groups in total. The molecule has 0 bridgehead atoms. The lowest BCUT2D eigenvalue weighted by molar-refractivity contribution is -0.157. The minimum absolute atomic E-state index is 0.0190. The smallest absolute Gasteiger partial charge is 0.324 e. The van der Waals surface area contributed by atoms with Gasteiger partial charge in [0.25, 0.3) is 11.7 Å².